The Balaban J connectivity index is 1.83. The van der Waals surface area contributed by atoms with E-state index in [-0.39, 0.29) is 0 Å². The SMILES string of the molecule is CCCNC1CCC12CCCCC2. The van der Waals surface area contributed by atoms with E-state index in [9.17, 15) is 0 Å². The van der Waals surface area contributed by atoms with Gasteiger partial charge in [-0.05, 0) is 44.1 Å². The Morgan fingerprint density at radius 1 is 1.15 bits per heavy atom. The topological polar surface area (TPSA) is 12.0 Å². The summed E-state index contributed by atoms with van der Waals surface area (Å²) < 4.78 is 0. The zero-order valence-corrected chi connectivity index (χ0v) is 8.94. The molecule has 1 N–H and O–H groups in total. The van der Waals surface area contributed by atoms with Crippen molar-refractivity contribution >= 4 is 0 Å². The maximum atomic E-state index is 3.73. The van der Waals surface area contributed by atoms with Crippen LogP contribution in [0.5, 0.6) is 0 Å². The molecular weight excluding hydrogens is 158 g/mol. The Labute approximate surface area is 82.3 Å². The van der Waals surface area contributed by atoms with Crippen LogP contribution in [0.2, 0.25) is 0 Å². The van der Waals surface area contributed by atoms with Gasteiger partial charge in [-0.3, -0.25) is 0 Å². The Hall–Kier alpha value is -0.0400. The van der Waals surface area contributed by atoms with Gasteiger partial charge in [0.25, 0.3) is 0 Å². The first kappa shape index (κ1) is 9.51. The van der Waals surface area contributed by atoms with Crippen LogP contribution in [0, 0.1) is 5.41 Å². The van der Waals surface area contributed by atoms with Crippen molar-refractivity contribution in [2.75, 3.05) is 6.54 Å². The number of hydrogen-bond donors (Lipinski definition) is 1. The lowest BCUT2D eigenvalue weighted by Crippen LogP contribution is -2.54. The van der Waals surface area contributed by atoms with Gasteiger partial charge in [0.05, 0.1) is 0 Å². The smallest absolute Gasteiger partial charge is 0.0124 e. The summed E-state index contributed by atoms with van der Waals surface area (Å²) in [5, 5.41) is 3.73. The zero-order valence-electron chi connectivity index (χ0n) is 8.94. The minimum absolute atomic E-state index is 0.757. The van der Waals surface area contributed by atoms with E-state index >= 15 is 0 Å². The molecule has 2 fully saturated rings. The molecule has 0 bridgehead atoms. The van der Waals surface area contributed by atoms with Crippen LogP contribution < -0.4 is 5.32 Å². The largest absolute Gasteiger partial charge is 0.313 e. The van der Waals surface area contributed by atoms with Gasteiger partial charge in [-0.1, -0.05) is 26.2 Å². The van der Waals surface area contributed by atoms with Crippen molar-refractivity contribution < 1.29 is 0 Å². The highest BCUT2D eigenvalue weighted by Gasteiger charge is 2.46. The molecule has 0 radical (unpaired) electrons. The van der Waals surface area contributed by atoms with Gasteiger partial charge in [0, 0.05) is 6.04 Å². The fourth-order valence-electron chi connectivity index (χ4n) is 3.19. The molecule has 2 aliphatic rings. The van der Waals surface area contributed by atoms with Gasteiger partial charge in [-0.25, -0.2) is 0 Å². The molecule has 0 aliphatic heterocycles. The number of nitrogens with one attached hydrogen (secondary N) is 1. The molecule has 0 amide bonds. The molecule has 1 heteroatoms. The summed E-state index contributed by atoms with van der Waals surface area (Å²) in [6.45, 7) is 3.49. The standard InChI is InChI=1S/C12H23N/c1-2-10-13-11-6-9-12(11)7-4-3-5-8-12/h11,13H,2-10H2,1H3. The molecule has 2 aliphatic carbocycles. The van der Waals surface area contributed by atoms with Gasteiger partial charge < -0.3 is 5.32 Å². The van der Waals surface area contributed by atoms with Gasteiger partial charge in [-0.2, -0.15) is 0 Å². The highest BCUT2D eigenvalue weighted by atomic mass is 15.0. The van der Waals surface area contributed by atoms with Crippen molar-refractivity contribution in [1.29, 1.82) is 0 Å². The highest BCUT2D eigenvalue weighted by molar-refractivity contribution is 5.01. The van der Waals surface area contributed by atoms with E-state index in [0.717, 1.165) is 11.5 Å². The maximum Gasteiger partial charge on any atom is 0.0124 e. The fourth-order valence-corrected chi connectivity index (χ4v) is 3.19. The number of hydrogen-bond acceptors (Lipinski definition) is 1. The third-order valence-corrected chi connectivity index (χ3v) is 4.16. The van der Waals surface area contributed by atoms with Gasteiger partial charge >= 0.3 is 0 Å². The lowest BCUT2D eigenvalue weighted by Gasteiger charge is -2.52. The van der Waals surface area contributed by atoms with Crippen LogP contribution in [-0.4, -0.2) is 12.6 Å². The molecule has 0 saturated heterocycles. The van der Waals surface area contributed by atoms with E-state index in [0.29, 0.717) is 0 Å². The third kappa shape index (κ3) is 1.76. The van der Waals surface area contributed by atoms with Crippen molar-refractivity contribution in [2.24, 2.45) is 5.41 Å². The minimum atomic E-state index is 0.757. The van der Waals surface area contributed by atoms with E-state index in [1.165, 1.54) is 57.9 Å². The summed E-state index contributed by atoms with van der Waals surface area (Å²) in [6, 6.07) is 0.882. The van der Waals surface area contributed by atoms with Crippen LogP contribution in [0.3, 0.4) is 0 Å². The number of rotatable bonds is 3. The lowest BCUT2D eigenvalue weighted by atomic mass is 9.57. The van der Waals surface area contributed by atoms with Crippen LogP contribution in [-0.2, 0) is 0 Å². The molecule has 0 aromatic rings. The third-order valence-electron chi connectivity index (χ3n) is 4.16. The molecule has 1 unspecified atom stereocenters. The predicted octanol–water partition coefficient (Wildman–Crippen LogP) is 3.10. The van der Waals surface area contributed by atoms with Crippen molar-refractivity contribution in [3.63, 3.8) is 0 Å². The molecule has 1 spiro atoms. The van der Waals surface area contributed by atoms with Gasteiger partial charge in [-0.15, -0.1) is 0 Å². The van der Waals surface area contributed by atoms with Crippen LogP contribution in [0.15, 0.2) is 0 Å². The van der Waals surface area contributed by atoms with Crippen LogP contribution in [0.25, 0.3) is 0 Å². The van der Waals surface area contributed by atoms with E-state index in [2.05, 4.69) is 12.2 Å². The first-order valence-electron chi connectivity index (χ1n) is 6.11. The second kappa shape index (κ2) is 4.00. The van der Waals surface area contributed by atoms with Crippen LogP contribution >= 0.6 is 0 Å². The summed E-state index contributed by atoms with van der Waals surface area (Å²) in [6.07, 6.45) is 11.7. The molecule has 2 rings (SSSR count). The van der Waals surface area contributed by atoms with E-state index < -0.39 is 0 Å². The normalized spacial score (nSPS) is 31.6. The van der Waals surface area contributed by atoms with E-state index in [4.69, 9.17) is 0 Å². The van der Waals surface area contributed by atoms with Gasteiger partial charge in [0.1, 0.15) is 0 Å². The molecule has 0 heterocycles. The first-order chi connectivity index (χ1) is 6.37. The van der Waals surface area contributed by atoms with Gasteiger partial charge in [0.2, 0.25) is 0 Å². The molecule has 0 aromatic carbocycles. The zero-order chi connectivity index (χ0) is 9.15. The Morgan fingerprint density at radius 2 is 1.92 bits per heavy atom. The Kier molecular flexibility index (Phi) is 2.92. The quantitative estimate of drug-likeness (QED) is 0.705. The molecule has 2 saturated carbocycles. The predicted molar refractivity (Wildman–Crippen MR) is 56.8 cm³/mol. The van der Waals surface area contributed by atoms with Gasteiger partial charge in [0.15, 0.2) is 0 Å². The summed E-state index contributed by atoms with van der Waals surface area (Å²) >= 11 is 0. The monoisotopic (exact) mass is 181 g/mol. The lowest BCUT2D eigenvalue weighted by molar-refractivity contribution is 0.0234. The Morgan fingerprint density at radius 3 is 2.46 bits per heavy atom. The van der Waals surface area contributed by atoms with E-state index in [1.807, 2.05) is 0 Å². The molecule has 76 valence electrons. The fraction of sp³-hybridized carbons (Fsp3) is 1.00. The minimum Gasteiger partial charge on any atom is -0.313 e. The van der Waals surface area contributed by atoms with Crippen molar-refractivity contribution in [3.05, 3.63) is 0 Å². The molecule has 1 nitrogen and oxygen atoms in total. The summed E-state index contributed by atoms with van der Waals surface area (Å²) in [4.78, 5) is 0. The maximum absolute atomic E-state index is 3.73. The summed E-state index contributed by atoms with van der Waals surface area (Å²) in [5.41, 5.74) is 0.757. The first-order valence-corrected chi connectivity index (χ1v) is 6.11. The molecular formula is C12H23N. The summed E-state index contributed by atoms with van der Waals surface area (Å²) in [5.74, 6) is 0. The average molecular weight is 181 g/mol. The van der Waals surface area contributed by atoms with Crippen LogP contribution in [0.4, 0.5) is 0 Å². The second-order valence-electron chi connectivity index (χ2n) is 4.97. The van der Waals surface area contributed by atoms with Crippen LogP contribution in [0.1, 0.15) is 58.3 Å². The van der Waals surface area contributed by atoms with Crippen molar-refractivity contribution in [2.45, 2.75) is 64.3 Å². The average Bonchev–Trinajstić information content (AvgIpc) is 2.18. The Bertz CT molecular complexity index is 159. The summed E-state index contributed by atoms with van der Waals surface area (Å²) in [7, 11) is 0. The highest BCUT2D eigenvalue weighted by Crippen LogP contribution is 2.51. The van der Waals surface area contributed by atoms with E-state index in [1.54, 1.807) is 0 Å². The molecule has 13 heavy (non-hydrogen) atoms. The van der Waals surface area contributed by atoms with Crippen molar-refractivity contribution in [1.82, 2.24) is 5.32 Å². The molecule has 1 atom stereocenters. The second-order valence-corrected chi connectivity index (χ2v) is 4.97. The molecule has 0 aromatic heterocycles. The van der Waals surface area contributed by atoms with Crippen molar-refractivity contribution in [3.8, 4) is 0 Å².